The summed E-state index contributed by atoms with van der Waals surface area (Å²) in [6.45, 7) is 3.69. The van der Waals surface area contributed by atoms with Crippen molar-refractivity contribution in [2.75, 3.05) is 58.2 Å². The van der Waals surface area contributed by atoms with Gasteiger partial charge in [-0.05, 0) is 30.5 Å². The number of H-pyrrole nitrogens is 1. The molecule has 1 aliphatic heterocycles. The standard InChI is InChI=1S/C24H28N8O4S/c1-34-15-4-5-20(35-2)16(12-15)18-13-19(30-29-18)23(33)25-6-7-32-22-17(14-26-32)21(27-24(28-22)37-3)31-8-10-36-11-9-31/h4-5,12-14H,6-11H2,1-3H3,(H,25,33)(H,29,30). The monoisotopic (exact) mass is 524 g/mol. The number of methoxy groups -OCH3 is 2. The summed E-state index contributed by atoms with van der Waals surface area (Å²) in [5.74, 6) is 1.89. The molecule has 5 rings (SSSR count). The number of hydrogen-bond acceptors (Lipinski definition) is 10. The van der Waals surface area contributed by atoms with Crippen LogP contribution in [0.5, 0.6) is 11.5 Å². The van der Waals surface area contributed by atoms with Gasteiger partial charge in [-0.3, -0.25) is 9.89 Å². The Hall–Kier alpha value is -3.84. The highest BCUT2D eigenvalue weighted by atomic mass is 32.2. The molecule has 13 heteroatoms. The smallest absolute Gasteiger partial charge is 0.269 e. The highest BCUT2D eigenvalue weighted by molar-refractivity contribution is 7.98. The molecule has 3 aromatic heterocycles. The minimum atomic E-state index is -0.273. The third kappa shape index (κ3) is 5.18. The van der Waals surface area contributed by atoms with Gasteiger partial charge in [0.2, 0.25) is 0 Å². The Labute approximate surface area is 217 Å². The predicted octanol–water partition coefficient (Wildman–Crippen LogP) is 2.22. The molecule has 0 atom stereocenters. The number of carbonyl (C=O) groups is 1. The quantitative estimate of drug-likeness (QED) is 0.248. The number of aromatic nitrogens is 6. The van der Waals surface area contributed by atoms with E-state index in [1.807, 2.05) is 12.3 Å². The summed E-state index contributed by atoms with van der Waals surface area (Å²) in [6.07, 6.45) is 3.74. The summed E-state index contributed by atoms with van der Waals surface area (Å²) >= 11 is 1.49. The lowest BCUT2D eigenvalue weighted by Crippen LogP contribution is -2.37. The summed E-state index contributed by atoms with van der Waals surface area (Å²) in [5, 5.41) is 16.1. The lowest BCUT2D eigenvalue weighted by Gasteiger charge is -2.28. The van der Waals surface area contributed by atoms with E-state index in [2.05, 4.69) is 30.5 Å². The minimum absolute atomic E-state index is 0.273. The third-order valence-corrected chi connectivity index (χ3v) is 6.61. The Morgan fingerprint density at radius 2 is 2.03 bits per heavy atom. The maximum Gasteiger partial charge on any atom is 0.269 e. The lowest BCUT2D eigenvalue weighted by atomic mass is 10.1. The summed E-state index contributed by atoms with van der Waals surface area (Å²) in [5.41, 5.74) is 2.38. The second-order valence-corrected chi connectivity index (χ2v) is 9.00. The number of ether oxygens (including phenoxy) is 3. The van der Waals surface area contributed by atoms with Crippen molar-refractivity contribution < 1.29 is 19.0 Å². The molecule has 1 saturated heterocycles. The fourth-order valence-electron chi connectivity index (χ4n) is 4.15. The number of morpholine rings is 1. The summed E-state index contributed by atoms with van der Waals surface area (Å²) in [7, 11) is 3.18. The number of rotatable bonds is 9. The molecule has 4 heterocycles. The fraction of sp³-hybridized carbons (Fsp3) is 0.375. The molecule has 1 aliphatic rings. The maximum absolute atomic E-state index is 12.8. The van der Waals surface area contributed by atoms with E-state index < -0.39 is 0 Å². The van der Waals surface area contributed by atoms with Crippen LogP contribution in [0.3, 0.4) is 0 Å². The van der Waals surface area contributed by atoms with Crippen LogP contribution < -0.4 is 19.7 Å². The second-order valence-electron chi connectivity index (χ2n) is 8.23. The Kier molecular flexibility index (Phi) is 7.42. The van der Waals surface area contributed by atoms with Gasteiger partial charge >= 0.3 is 0 Å². The number of fused-ring (bicyclic) bond motifs is 1. The molecule has 2 N–H and O–H groups in total. The van der Waals surface area contributed by atoms with E-state index in [1.165, 1.54) is 11.8 Å². The van der Waals surface area contributed by atoms with Crippen molar-refractivity contribution >= 4 is 34.5 Å². The van der Waals surface area contributed by atoms with Crippen LogP contribution in [0.2, 0.25) is 0 Å². The molecule has 0 unspecified atom stereocenters. The Morgan fingerprint density at radius 3 is 2.78 bits per heavy atom. The number of anilines is 1. The molecule has 0 aliphatic carbocycles. The van der Waals surface area contributed by atoms with E-state index in [4.69, 9.17) is 19.2 Å². The summed E-state index contributed by atoms with van der Waals surface area (Å²) in [4.78, 5) is 24.4. The van der Waals surface area contributed by atoms with E-state index in [-0.39, 0.29) is 5.91 Å². The second kappa shape index (κ2) is 11.0. The van der Waals surface area contributed by atoms with Crippen LogP contribution in [0, 0.1) is 0 Å². The van der Waals surface area contributed by atoms with E-state index >= 15 is 0 Å². The van der Waals surface area contributed by atoms with Gasteiger partial charge in [0.25, 0.3) is 5.91 Å². The zero-order valence-electron chi connectivity index (χ0n) is 20.9. The lowest BCUT2D eigenvalue weighted by molar-refractivity contribution is 0.0947. The normalized spacial score (nSPS) is 13.6. The van der Waals surface area contributed by atoms with Gasteiger partial charge in [0.1, 0.15) is 23.0 Å². The Morgan fingerprint density at radius 1 is 1.19 bits per heavy atom. The van der Waals surface area contributed by atoms with E-state index in [0.29, 0.717) is 54.3 Å². The molecule has 0 saturated carbocycles. The Balaban J connectivity index is 1.28. The summed E-state index contributed by atoms with van der Waals surface area (Å²) < 4.78 is 18.0. The molecule has 0 bridgehead atoms. The average molecular weight is 525 g/mol. The van der Waals surface area contributed by atoms with Crippen LogP contribution in [-0.2, 0) is 11.3 Å². The molecule has 37 heavy (non-hydrogen) atoms. The number of thioether (sulfide) groups is 1. The molecule has 0 spiro atoms. The molecular formula is C24H28N8O4S. The van der Waals surface area contributed by atoms with E-state index in [9.17, 15) is 4.79 Å². The Bertz CT molecular complexity index is 1400. The topological polar surface area (TPSA) is 132 Å². The molecule has 1 aromatic carbocycles. The maximum atomic E-state index is 12.8. The molecule has 194 valence electrons. The van der Waals surface area contributed by atoms with Gasteiger partial charge in [-0.25, -0.2) is 14.6 Å². The van der Waals surface area contributed by atoms with Gasteiger partial charge in [-0.15, -0.1) is 0 Å². The van der Waals surface area contributed by atoms with Crippen LogP contribution in [0.15, 0.2) is 35.6 Å². The van der Waals surface area contributed by atoms with Gasteiger partial charge in [-0.2, -0.15) is 10.2 Å². The number of amides is 1. The van der Waals surface area contributed by atoms with Crippen molar-refractivity contribution in [3.63, 3.8) is 0 Å². The summed E-state index contributed by atoms with van der Waals surface area (Å²) in [6, 6.07) is 7.10. The van der Waals surface area contributed by atoms with Crippen molar-refractivity contribution in [2.24, 2.45) is 0 Å². The highest BCUT2D eigenvalue weighted by Gasteiger charge is 2.20. The van der Waals surface area contributed by atoms with Crippen LogP contribution in [0.1, 0.15) is 10.5 Å². The van der Waals surface area contributed by atoms with Crippen LogP contribution >= 0.6 is 11.8 Å². The van der Waals surface area contributed by atoms with Crippen LogP contribution in [-0.4, -0.2) is 89.2 Å². The number of nitrogens with zero attached hydrogens (tertiary/aromatic N) is 6. The van der Waals surface area contributed by atoms with Crippen LogP contribution in [0.25, 0.3) is 22.3 Å². The SMILES string of the molecule is COc1ccc(OC)c(-c2cc(C(=O)NCCn3ncc4c(N5CCOCC5)nc(SC)nc43)[nH]n2)c1. The van der Waals surface area contributed by atoms with E-state index in [0.717, 1.165) is 35.5 Å². The first kappa shape index (κ1) is 24.8. The van der Waals surface area contributed by atoms with Crippen molar-refractivity contribution in [2.45, 2.75) is 11.7 Å². The average Bonchev–Trinajstić information content (AvgIpc) is 3.60. The first-order valence-corrected chi connectivity index (χ1v) is 13.0. The number of nitrogens with one attached hydrogen (secondary N) is 2. The van der Waals surface area contributed by atoms with Gasteiger partial charge in [0.05, 0.1) is 51.3 Å². The van der Waals surface area contributed by atoms with Gasteiger partial charge in [0, 0.05) is 25.2 Å². The molecule has 12 nitrogen and oxygen atoms in total. The third-order valence-electron chi connectivity index (χ3n) is 6.06. The number of aromatic amines is 1. The zero-order chi connectivity index (χ0) is 25.8. The molecule has 4 aromatic rings. The van der Waals surface area contributed by atoms with Crippen molar-refractivity contribution in [1.82, 2.24) is 35.3 Å². The molecule has 1 fully saturated rings. The highest BCUT2D eigenvalue weighted by Crippen LogP contribution is 2.32. The van der Waals surface area contributed by atoms with E-state index in [1.54, 1.807) is 43.3 Å². The first-order valence-electron chi connectivity index (χ1n) is 11.8. The van der Waals surface area contributed by atoms with Crippen molar-refractivity contribution in [3.05, 3.63) is 36.2 Å². The number of carbonyl (C=O) groups excluding carboxylic acids is 1. The zero-order valence-corrected chi connectivity index (χ0v) is 21.7. The molecule has 0 radical (unpaired) electrons. The van der Waals surface area contributed by atoms with Gasteiger partial charge < -0.3 is 24.4 Å². The van der Waals surface area contributed by atoms with Crippen molar-refractivity contribution in [3.8, 4) is 22.8 Å². The minimum Gasteiger partial charge on any atom is -0.497 e. The first-order chi connectivity index (χ1) is 18.1. The van der Waals surface area contributed by atoms with Gasteiger partial charge in [0.15, 0.2) is 10.8 Å². The van der Waals surface area contributed by atoms with Gasteiger partial charge in [-0.1, -0.05) is 11.8 Å². The largest absolute Gasteiger partial charge is 0.497 e. The van der Waals surface area contributed by atoms with Crippen molar-refractivity contribution in [1.29, 1.82) is 0 Å². The fourth-order valence-corrected chi connectivity index (χ4v) is 4.51. The number of benzene rings is 1. The van der Waals surface area contributed by atoms with Crippen LogP contribution in [0.4, 0.5) is 5.82 Å². The predicted molar refractivity (Wildman–Crippen MR) is 140 cm³/mol. The number of hydrogen-bond donors (Lipinski definition) is 2. The molecular weight excluding hydrogens is 496 g/mol. The molecule has 1 amide bonds.